The molecule has 0 saturated carbocycles. The van der Waals surface area contributed by atoms with Crippen LogP contribution in [0, 0.1) is 0 Å². The van der Waals surface area contributed by atoms with Gasteiger partial charge < -0.3 is 27.0 Å². The zero-order valence-corrected chi connectivity index (χ0v) is 15.8. The minimum absolute atomic E-state index is 0.704. The topological polar surface area (TPSA) is 74.1 Å². The molecule has 0 aliphatic heterocycles. The molecule has 0 atom stereocenters. The average molecular weight is 368 g/mol. The monoisotopic (exact) mass is 367 g/mol. The fourth-order valence-electron chi connectivity index (χ4n) is 2.24. The second-order valence-corrected chi connectivity index (χ2v) is 7.57. The molecule has 0 aromatic carbocycles. The van der Waals surface area contributed by atoms with Crippen molar-refractivity contribution in [2.45, 2.75) is 6.54 Å². The van der Waals surface area contributed by atoms with Crippen LogP contribution < -0.4 is 27.0 Å². The summed E-state index contributed by atoms with van der Waals surface area (Å²) < 4.78 is 0. The molecule has 5 nitrogen and oxygen atoms in total. The van der Waals surface area contributed by atoms with Gasteiger partial charge in [-0.1, -0.05) is 6.07 Å². The molecule has 2 heterocycles. The number of rotatable bonds is 14. The van der Waals surface area contributed by atoms with E-state index in [0.717, 1.165) is 52.4 Å². The molecule has 0 amide bonds. The quantitative estimate of drug-likeness (QED) is 0.326. The number of thiophene rings is 2. The van der Waals surface area contributed by atoms with Gasteiger partial charge in [0.05, 0.1) is 0 Å². The molecule has 0 bridgehead atoms. The zero-order valence-electron chi connectivity index (χ0n) is 14.1. The summed E-state index contributed by atoms with van der Waals surface area (Å²) in [6.45, 7) is 8.50. The lowest BCUT2D eigenvalue weighted by molar-refractivity contribution is 0.568. The van der Waals surface area contributed by atoms with E-state index in [1.165, 1.54) is 14.6 Å². The van der Waals surface area contributed by atoms with E-state index in [9.17, 15) is 0 Å². The van der Waals surface area contributed by atoms with Crippen molar-refractivity contribution in [3.8, 4) is 9.75 Å². The summed E-state index contributed by atoms with van der Waals surface area (Å²) in [6, 6.07) is 8.73. The van der Waals surface area contributed by atoms with E-state index in [1.54, 1.807) is 11.3 Å². The Morgan fingerprint density at radius 2 is 1.42 bits per heavy atom. The van der Waals surface area contributed by atoms with Gasteiger partial charge in [-0.25, -0.2) is 0 Å². The molecule has 2 aromatic heterocycles. The Balaban J connectivity index is 1.42. The van der Waals surface area contributed by atoms with Gasteiger partial charge in [0.1, 0.15) is 0 Å². The van der Waals surface area contributed by atoms with Gasteiger partial charge in [0, 0.05) is 73.5 Å². The van der Waals surface area contributed by atoms with E-state index in [0.29, 0.717) is 6.54 Å². The van der Waals surface area contributed by atoms with Crippen molar-refractivity contribution in [2.24, 2.45) is 5.73 Å². The van der Waals surface area contributed by atoms with Gasteiger partial charge in [0.15, 0.2) is 0 Å². The summed E-state index contributed by atoms with van der Waals surface area (Å²) in [5, 5.41) is 15.7. The van der Waals surface area contributed by atoms with Gasteiger partial charge in [0.25, 0.3) is 0 Å². The second kappa shape index (κ2) is 12.5. The van der Waals surface area contributed by atoms with E-state index in [2.05, 4.69) is 50.9 Å². The van der Waals surface area contributed by atoms with Crippen LogP contribution in [0.25, 0.3) is 9.75 Å². The maximum absolute atomic E-state index is 5.41. The fourth-order valence-corrected chi connectivity index (χ4v) is 4.06. The summed E-state index contributed by atoms with van der Waals surface area (Å²) in [5.41, 5.74) is 5.41. The average Bonchev–Trinajstić information content (AvgIpc) is 3.27. The van der Waals surface area contributed by atoms with Gasteiger partial charge in [-0.15, -0.1) is 22.7 Å². The van der Waals surface area contributed by atoms with Crippen LogP contribution in [0.2, 0.25) is 0 Å². The van der Waals surface area contributed by atoms with Gasteiger partial charge in [-0.05, 0) is 23.6 Å². The van der Waals surface area contributed by atoms with Crippen LogP contribution >= 0.6 is 22.7 Å². The lowest BCUT2D eigenvalue weighted by atomic mass is 10.3. The molecule has 0 saturated heterocycles. The largest absolute Gasteiger partial charge is 0.329 e. The van der Waals surface area contributed by atoms with Crippen molar-refractivity contribution in [1.82, 2.24) is 21.3 Å². The molecule has 0 fully saturated rings. The Kier molecular flexibility index (Phi) is 10.2. The molecule has 134 valence electrons. The lowest BCUT2D eigenvalue weighted by Gasteiger charge is -2.08. The van der Waals surface area contributed by atoms with Crippen LogP contribution in [-0.2, 0) is 6.54 Å². The van der Waals surface area contributed by atoms with Crippen LogP contribution in [0.1, 0.15) is 4.88 Å². The smallest absolute Gasteiger partial charge is 0.0445 e. The SMILES string of the molecule is NCCNCCNCCNCCNCc1ccc(-c2cccs2)s1. The van der Waals surface area contributed by atoms with Crippen molar-refractivity contribution < 1.29 is 0 Å². The number of nitrogens with two attached hydrogens (primary N) is 1. The number of hydrogen-bond acceptors (Lipinski definition) is 7. The first-order valence-electron chi connectivity index (χ1n) is 8.55. The Labute approximate surface area is 153 Å². The molecule has 24 heavy (non-hydrogen) atoms. The summed E-state index contributed by atoms with van der Waals surface area (Å²) in [7, 11) is 0. The molecular formula is C17H29N5S2. The predicted molar refractivity (Wildman–Crippen MR) is 107 cm³/mol. The van der Waals surface area contributed by atoms with Crippen LogP contribution in [0.5, 0.6) is 0 Å². The van der Waals surface area contributed by atoms with Gasteiger partial charge in [-0.3, -0.25) is 0 Å². The first kappa shape index (κ1) is 19.5. The molecule has 6 N–H and O–H groups in total. The van der Waals surface area contributed by atoms with Crippen molar-refractivity contribution in [3.63, 3.8) is 0 Å². The lowest BCUT2D eigenvalue weighted by Crippen LogP contribution is -2.35. The summed E-state index contributed by atoms with van der Waals surface area (Å²) >= 11 is 3.68. The third-order valence-electron chi connectivity index (χ3n) is 3.48. The van der Waals surface area contributed by atoms with E-state index in [1.807, 2.05) is 11.3 Å². The summed E-state index contributed by atoms with van der Waals surface area (Å²) in [5.74, 6) is 0. The highest BCUT2D eigenvalue weighted by Gasteiger charge is 2.03. The van der Waals surface area contributed by atoms with E-state index in [4.69, 9.17) is 5.73 Å². The van der Waals surface area contributed by atoms with Gasteiger partial charge in [-0.2, -0.15) is 0 Å². The molecular weight excluding hydrogens is 338 g/mol. The highest BCUT2D eigenvalue weighted by atomic mass is 32.1. The summed E-state index contributed by atoms with van der Waals surface area (Å²) in [6.07, 6.45) is 0. The maximum Gasteiger partial charge on any atom is 0.0445 e. The summed E-state index contributed by atoms with van der Waals surface area (Å²) in [4.78, 5) is 4.12. The Hall–Kier alpha value is -0.800. The highest BCUT2D eigenvalue weighted by molar-refractivity contribution is 7.21. The van der Waals surface area contributed by atoms with Crippen LogP contribution in [0.4, 0.5) is 0 Å². The molecule has 0 unspecified atom stereocenters. The Morgan fingerprint density at radius 3 is 2.04 bits per heavy atom. The van der Waals surface area contributed by atoms with Crippen molar-refractivity contribution in [1.29, 1.82) is 0 Å². The number of nitrogens with one attached hydrogen (secondary N) is 4. The maximum atomic E-state index is 5.41. The van der Waals surface area contributed by atoms with Gasteiger partial charge in [0.2, 0.25) is 0 Å². The minimum atomic E-state index is 0.704. The van der Waals surface area contributed by atoms with E-state index in [-0.39, 0.29) is 0 Å². The molecule has 0 radical (unpaired) electrons. The first-order valence-corrected chi connectivity index (χ1v) is 10.3. The molecule has 0 aliphatic carbocycles. The first-order chi connectivity index (χ1) is 11.9. The Bertz CT molecular complexity index is 527. The van der Waals surface area contributed by atoms with E-state index >= 15 is 0 Å². The van der Waals surface area contributed by atoms with Crippen LogP contribution in [-0.4, -0.2) is 52.4 Å². The van der Waals surface area contributed by atoms with Crippen LogP contribution in [0.15, 0.2) is 29.6 Å². The van der Waals surface area contributed by atoms with Crippen molar-refractivity contribution in [2.75, 3.05) is 52.4 Å². The molecule has 7 heteroatoms. The zero-order chi connectivity index (χ0) is 16.9. The molecule has 0 spiro atoms. The minimum Gasteiger partial charge on any atom is -0.329 e. The molecule has 2 aromatic rings. The normalized spacial score (nSPS) is 11.2. The third kappa shape index (κ3) is 7.85. The predicted octanol–water partition coefficient (Wildman–Crippen LogP) is 1.29. The fraction of sp³-hybridized carbons (Fsp3) is 0.529. The number of hydrogen-bond donors (Lipinski definition) is 5. The van der Waals surface area contributed by atoms with E-state index < -0.39 is 0 Å². The van der Waals surface area contributed by atoms with Crippen LogP contribution in [0.3, 0.4) is 0 Å². The second-order valence-electron chi connectivity index (χ2n) is 5.46. The molecule has 2 rings (SSSR count). The van der Waals surface area contributed by atoms with Crippen molar-refractivity contribution >= 4 is 22.7 Å². The standard InChI is InChI=1S/C17H29N5S2/c18-5-6-19-7-8-20-9-10-21-11-12-22-14-15-3-4-17(24-15)16-2-1-13-23-16/h1-4,13,19-22H,5-12,14,18H2. The Morgan fingerprint density at radius 1 is 0.750 bits per heavy atom. The highest BCUT2D eigenvalue weighted by Crippen LogP contribution is 2.31. The third-order valence-corrected chi connectivity index (χ3v) is 5.63. The van der Waals surface area contributed by atoms with Crippen molar-refractivity contribution in [3.05, 3.63) is 34.5 Å². The van der Waals surface area contributed by atoms with Gasteiger partial charge >= 0.3 is 0 Å². The molecule has 0 aliphatic rings.